The lowest BCUT2D eigenvalue weighted by Crippen LogP contribution is -2.30. The van der Waals surface area contributed by atoms with Crippen molar-refractivity contribution in [1.82, 2.24) is 4.90 Å². The highest BCUT2D eigenvalue weighted by atomic mass is 35.5. The fourth-order valence-corrected chi connectivity index (χ4v) is 3.33. The first-order valence-corrected chi connectivity index (χ1v) is 11.0. The summed E-state index contributed by atoms with van der Waals surface area (Å²) in [6.07, 6.45) is 0. The van der Waals surface area contributed by atoms with E-state index < -0.39 is 0 Å². The Kier molecular flexibility index (Phi) is 8.22. The number of nitrogens with one attached hydrogen (secondary N) is 1. The maximum absolute atomic E-state index is 12.5. The Labute approximate surface area is 198 Å². The number of ether oxygens (including phenoxy) is 1. The molecule has 0 aliphatic rings. The zero-order valence-electron chi connectivity index (χ0n) is 18.5. The first-order chi connectivity index (χ1) is 15.9. The predicted molar refractivity (Wildman–Crippen MR) is 129 cm³/mol. The molecule has 0 spiro atoms. The summed E-state index contributed by atoms with van der Waals surface area (Å²) in [7, 11) is 0. The SMILES string of the molecule is CCN(CC)C(=O)c1ccc(NC(=O)COc2ccc(C(=O)c3ccc(Cl)cc3)cc2)cc1. The summed E-state index contributed by atoms with van der Waals surface area (Å²) in [5, 5.41) is 3.30. The van der Waals surface area contributed by atoms with Gasteiger partial charge in [-0.05, 0) is 86.6 Å². The Morgan fingerprint density at radius 3 is 1.85 bits per heavy atom. The van der Waals surface area contributed by atoms with Gasteiger partial charge in [-0.3, -0.25) is 14.4 Å². The molecular weight excluding hydrogens is 440 g/mol. The van der Waals surface area contributed by atoms with E-state index in [0.717, 1.165) is 0 Å². The van der Waals surface area contributed by atoms with E-state index in [1.807, 2.05) is 13.8 Å². The van der Waals surface area contributed by atoms with E-state index in [0.29, 0.717) is 46.2 Å². The molecule has 7 heteroatoms. The van der Waals surface area contributed by atoms with Crippen molar-refractivity contribution in [2.45, 2.75) is 13.8 Å². The highest BCUT2D eigenvalue weighted by molar-refractivity contribution is 6.30. The van der Waals surface area contributed by atoms with Crippen LogP contribution in [-0.4, -0.2) is 42.2 Å². The number of rotatable bonds is 9. The van der Waals surface area contributed by atoms with Gasteiger partial charge in [-0.2, -0.15) is 0 Å². The van der Waals surface area contributed by atoms with E-state index in [2.05, 4.69) is 5.32 Å². The van der Waals surface area contributed by atoms with E-state index in [1.54, 1.807) is 77.7 Å². The standard InChI is InChI=1S/C26H25ClN2O4/c1-3-29(4-2)26(32)20-7-13-22(14-8-20)28-24(30)17-33-23-15-9-19(10-16-23)25(31)18-5-11-21(27)12-6-18/h5-16H,3-4,17H2,1-2H3,(H,28,30). The first-order valence-electron chi connectivity index (χ1n) is 10.6. The van der Waals surface area contributed by atoms with E-state index >= 15 is 0 Å². The zero-order chi connectivity index (χ0) is 23.8. The number of ketones is 1. The van der Waals surface area contributed by atoms with Crippen LogP contribution >= 0.6 is 11.6 Å². The lowest BCUT2D eigenvalue weighted by atomic mass is 10.0. The average Bonchev–Trinajstić information content (AvgIpc) is 2.84. The van der Waals surface area contributed by atoms with Crippen LogP contribution in [0.15, 0.2) is 72.8 Å². The second kappa shape index (κ2) is 11.3. The smallest absolute Gasteiger partial charge is 0.262 e. The molecule has 6 nitrogen and oxygen atoms in total. The van der Waals surface area contributed by atoms with Gasteiger partial charge < -0.3 is 15.0 Å². The van der Waals surface area contributed by atoms with Gasteiger partial charge in [-0.25, -0.2) is 0 Å². The molecule has 2 amide bonds. The number of nitrogens with zero attached hydrogens (tertiary/aromatic N) is 1. The first kappa shape index (κ1) is 24.0. The van der Waals surface area contributed by atoms with Crippen LogP contribution in [0.4, 0.5) is 5.69 Å². The second-order valence-corrected chi connectivity index (χ2v) is 7.69. The molecule has 3 aromatic rings. The Bertz CT molecular complexity index is 1110. The Morgan fingerprint density at radius 1 is 0.788 bits per heavy atom. The Balaban J connectivity index is 1.52. The minimum atomic E-state index is -0.334. The lowest BCUT2D eigenvalue weighted by Gasteiger charge is -2.18. The van der Waals surface area contributed by atoms with Gasteiger partial charge in [0, 0.05) is 40.5 Å². The fourth-order valence-electron chi connectivity index (χ4n) is 3.21. The van der Waals surface area contributed by atoms with Gasteiger partial charge in [-0.15, -0.1) is 0 Å². The molecule has 0 saturated heterocycles. The normalized spacial score (nSPS) is 10.4. The number of anilines is 1. The average molecular weight is 465 g/mol. The molecule has 0 saturated carbocycles. The number of carbonyl (C=O) groups is 3. The molecule has 0 aliphatic heterocycles. The highest BCUT2D eigenvalue weighted by Gasteiger charge is 2.13. The molecule has 3 aromatic carbocycles. The Morgan fingerprint density at radius 2 is 1.30 bits per heavy atom. The van der Waals surface area contributed by atoms with Gasteiger partial charge in [0.2, 0.25) is 0 Å². The monoisotopic (exact) mass is 464 g/mol. The third kappa shape index (κ3) is 6.43. The minimum Gasteiger partial charge on any atom is -0.484 e. The number of halogens is 1. The lowest BCUT2D eigenvalue weighted by molar-refractivity contribution is -0.118. The summed E-state index contributed by atoms with van der Waals surface area (Å²) in [6.45, 7) is 4.95. The van der Waals surface area contributed by atoms with Crippen LogP contribution < -0.4 is 10.1 Å². The largest absolute Gasteiger partial charge is 0.484 e. The van der Waals surface area contributed by atoms with E-state index in [1.165, 1.54) is 0 Å². The molecule has 170 valence electrons. The summed E-state index contributed by atoms with van der Waals surface area (Å²) in [6, 6.07) is 20.0. The van der Waals surface area contributed by atoms with Crippen LogP contribution in [0.2, 0.25) is 5.02 Å². The van der Waals surface area contributed by atoms with Crippen molar-refractivity contribution < 1.29 is 19.1 Å². The molecule has 3 rings (SSSR count). The van der Waals surface area contributed by atoms with Gasteiger partial charge in [0.05, 0.1) is 0 Å². The zero-order valence-corrected chi connectivity index (χ0v) is 19.3. The van der Waals surface area contributed by atoms with Crippen molar-refractivity contribution in [2.75, 3.05) is 25.0 Å². The third-order valence-corrected chi connectivity index (χ3v) is 5.31. The van der Waals surface area contributed by atoms with Crippen LogP contribution in [0, 0.1) is 0 Å². The van der Waals surface area contributed by atoms with E-state index in [-0.39, 0.29) is 24.2 Å². The van der Waals surface area contributed by atoms with Crippen LogP contribution in [0.3, 0.4) is 0 Å². The molecule has 0 heterocycles. The van der Waals surface area contributed by atoms with Crippen molar-refractivity contribution >= 4 is 34.9 Å². The molecule has 0 fully saturated rings. The van der Waals surface area contributed by atoms with Crippen LogP contribution in [0.1, 0.15) is 40.1 Å². The van der Waals surface area contributed by atoms with E-state index in [4.69, 9.17) is 16.3 Å². The number of hydrogen-bond acceptors (Lipinski definition) is 4. The summed E-state index contributed by atoms with van der Waals surface area (Å²) in [5.74, 6) is -0.0322. The molecule has 0 aliphatic carbocycles. The minimum absolute atomic E-state index is 0.0424. The molecule has 0 atom stereocenters. The summed E-state index contributed by atoms with van der Waals surface area (Å²) in [4.78, 5) is 38.8. The van der Waals surface area contributed by atoms with Gasteiger partial charge in [0.1, 0.15) is 5.75 Å². The van der Waals surface area contributed by atoms with Gasteiger partial charge in [-0.1, -0.05) is 11.6 Å². The number of amides is 2. The summed E-state index contributed by atoms with van der Waals surface area (Å²) >= 11 is 5.86. The maximum atomic E-state index is 12.5. The van der Waals surface area contributed by atoms with Gasteiger partial charge in [0.15, 0.2) is 12.4 Å². The molecule has 0 bridgehead atoms. The van der Waals surface area contributed by atoms with Gasteiger partial charge in [0.25, 0.3) is 11.8 Å². The third-order valence-electron chi connectivity index (χ3n) is 5.06. The summed E-state index contributed by atoms with van der Waals surface area (Å²) < 4.78 is 5.52. The molecule has 0 aromatic heterocycles. The molecule has 0 unspecified atom stereocenters. The molecule has 1 N–H and O–H groups in total. The quantitative estimate of drug-likeness (QED) is 0.448. The second-order valence-electron chi connectivity index (χ2n) is 7.25. The van der Waals surface area contributed by atoms with Gasteiger partial charge >= 0.3 is 0 Å². The molecular formula is C26H25ClN2O4. The highest BCUT2D eigenvalue weighted by Crippen LogP contribution is 2.18. The van der Waals surface area contributed by atoms with Crippen molar-refractivity contribution in [3.63, 3.8) is 0 Å². The van der Waals surface area contributed by atoms with Crippen molar-refractivity contribution in [2.24, 2.45) is 0 Å². The topological polar surface area (TPSA) is 75.7 Å². The summed E-state index contributed by atoms with van der Waals surface area (Å²) in [5.41, 5.74) is 2.19. The molecule has 0 radical (unpaired) electrons. The number of benzene rings is 3. The predicted octanol–water partition coefficient (Wildman–Crippen LogP) is 5.07. The number of carbonyl (C=O) groups excluding carboxylic acids is 3. The van der Waals surface area contributed by atoms with E-state index in [9.17, 15) is 14.4 Å². The molecule has 33 heavy (non-hydrogen) atoms. The maximum Gasteiger partial charge on any atom is 0.262 e. The van der Waals surface area contributed by atoms with Crippen LogP contribution in [0.25, 0.3) is 0 Å². The van der Waals surface area contributed by atoms with Crippen molar-refractivity contribution in [1.29, 1.82) is 0 Å². The van der Waals surface area contributed by atoms with Crippen LogP contribution in [-0.2, 0) is 4.79 Å². The van der Waals surface area contributed by atoms with Crippen LogP contribution in [0.5, 0.6) is 5.75 Å². The number of hydrogen-bond donors (Lipinski definition) is 1. The van der Waals surface area contributed by atoms with Crippen molar-refractivity contribution in [3.8, 4) is 5.75 Å². The fraction of sp³-hybridized carbons (Fsp3) is 0.192. The van der Waals surface area contributed by atoms with Crippen molar-refractivity contribution in [3.05, 3.63) is 94.5 Å². The Hall–Kier alpha value is -3.64.